The minimum Gasteiger partial charge on any atom is -0.349 e. The highest BCUT2D eigenvalue weighted by Crippen LogP contribution is 2.28. The van der Waals surface area contributed by atoms with Crippen LogP contribution in [0.5, 0.6) is 0 Å². The summed E-state index contributed by atoms with van der Waals surface area (Å²) in [4.78, 5) is 13.0. The maximum atomic E-state index is 13.0. The first-order chi connectivity index (χ1) is 15.9. The molecule has 1 fully saturated rings. The Labute approximate surface area is 202 Å². The van der Waals surface area contributed by atoms with Gasteiger partial charge in [-0.15, -0.1) is 0 Å². The summed E-state index contributed by atoms with van der Waals surface area (Å²) in [6, 6.07) is 13.7. The van der Waals surface area contributed by atoms with Crippen molar-refractivity contribution in [2.45, 2.75) is 63.7 Å². The number of benzene rings is 2. The van der Waals surface area contributed by atoms with Gasteiger partial charge in [0.05, 0.1) is 11.8 Å². The molecule has 33 heavy (non-hydrogen) atoms. The van der Waals surface area contributed by atoms with Crippen LogP contribution >= 0.6 is 11.6 Å². The lowest BCUT2D eigenvalue weighted by Crippen LogP contribution is -2.44. The molecule has 1 atom stereocenters. The molecule has 2 aromatic rings. The van der Waals surface area contributed by atoms with E-state index in [0.717, 1.165) is 19.3 Å². The fourth-order valence-electron chi connectivity index (χ4n) is 4.98. The van der Waals surface area contributed by atoms with Crippen LogP contribution in [0.15, 0.2) is 42.5 Å². The predicted octanol–water partition coefficient (Wildman–Crippen LogP) is 5.03. The number of halogens is 1. The van der Waals surface area contributed by atoms with Gasteiger partial charge in [-0.05, 0) is 73.3 Å². The van der Waals surface area contributed by atoms with E-state index in [-0.39, 0.29) is 23.6 Å². The highest BCUT2D eigenvalue weighted by Gasteiger charge is 2.32. The SMILES string of the molecule is CC[C@H](NC(=O)C1CCN(S(=O)(=O)Cc2ccccc2Cl)CC1)c1ccc2c(c1)CCCC2. The molecule has 1 aliphatic carbocycles. The number of carbonyl (C=O) groups excluding carboxylic acids is 1. The molecule has 178 valence electrons. The first-order valence-electron chi connectivity index (χ1n) is 12.0. The van der Waals surface area contributed by atoms with Crippen molar-refractivity contribution in [2.24, 2.45) is 5.92 Å². The van der Waals surface area contributed by atoms with E-state index in [1.54, 1.807) is 24.3 Å². The molecular formula is C26H33ClN2O3S. The van der Waals surface area contributed by atoms with E-state index < -0.39 is 10.0 Å². The summed E-state index contributed by atoms with van der Waals surface area (Å²) >= 11 is 6.15. The highest BCUT2D eigenvalue weighted by atomic mass is 35.5. The molecular weight excluding hydrogens is 456 g/mol. The van der Waals surface area contributed by atoms with Crippen LogP contribution in [-0.2, 0) is 33.4 Å². The maximum absolute atomic E-state index is 13.0. The average Bonchev–Trinajstić information content (AvgIpc) is 2.83. The van der Waals surface area contributed by atoms with Gasteiger partial charge in [-0.3, -0.25) is 4.79 Å². The van der Waals surface area contributed by atoms with Crippen LogP contribution in [0.2, 0.25) is 5.02 Å². The zero-order valence-corrected chi connectivity index (χ0v) is 20.8. The van der Waals surface area contributed by atoms with Gasteiger partial charge in [0.2, 0.25) is 15.9 Å². The van der Waals surface area contributed by atoms with Crippen LogP contribution in [0.3, 0.4) is 0 Å². The Morgan fingerprint density at radius 3 is 2.48 bits per heavy atom. The van der Waals surface area contributed by atoms with E-state index in [0.29, 0.717) is 36.5 Å². The summed E-state index contributed by atoms with van der Waals surface area (Å²) in [5.41, 5.74) is 4.64. The summed E-state index contributed by atoms with van der Waals surface area (Å²) in [5, 5.41) is 3.70. The minimum atomic E-state index is -3.47. The van der Waals surface area contributed by atoms with Gasteiger partial charge in [0.1, 0.15) is 0 Å². The molecule has 1 amide bonds. The number of carbonyl (C=O) groups is 1. The molecule has 1 N–H and O–H groups in total. The fourth-order valence-corrected chi connectivity index (χ4v) is 6.86. The molecule has 0 unspecified atom stereocenters. The Kier molecular flexibility index (Phi) is 7.77. The van der Waals surface area contributed by atoms with Gasteiger partial charge in [-0.1, -0.05) is 54.9 Å². The molecule has 2 aliphatic rings. The first-order valence-corrected chi connectivity index (χ1v) is 14.0. The lowest BCUT2D eigenvalue weighted by Gasteiger charge is -2.31. The van der Waals surface area contributed by atoms with Gasteiger partial charge in [-0.25, -0.2) is 12.7 Å². The van der Waals surface area contributed by atoms with Crippen LogP contribution < -0.4 is 5.32 Å². The number of sulfonamides is 1. The van der Waals surface area contributed by atoms with E-state index in [2.05, 4.69) is 30.4 Å². The topological polar surface area (TPSA) is 66.5 Å². The van der Waals surface area contributed by atoms with Gasteiger partial charge in [-0.2, -0.15) is 0 Å². The average molecular weight is 489 g/mol. The third-order valence-electron chi connectivity index (χ3n) is 7.01. The Morgan fingerprint density at radius 2 is 1.79 bits per heavy atom. The van der Waals surface area contributed by atoms with Crippen molar-refractivity contribution in [3.63, 3.8) is 0 Å². The Hall–Kier alpha value is -1.89. The normalized spacial score (nSPS) is 18.5. The predicted molar refractivity (Wildman–Crippen MR) is 133 cm³/mol. The van der Waals surface area contributed by atoms with Gasteiger partial charge in [0.15, 0.2) is 0 Å². The van der Waals surface area contributed by atoms with E-state index in [1.165, 1.54) is 33.8 Å². The molecule has 5 nitrogen and oxygen atoms in total. The number of piperidine rings is 1. The molecule has 0 radical (unpaired) electrons. The minimum absolute atomic E-state index is 0.00767. The molecule has 1 aliphatic heterocycles. The van der Waals surface area contributed by atoms with Crippen molar-refractivity contribution < 1.29 is 13.2 Å². The van der Waals surface area contributed by atoms with Crippen molar-refractivity contribution >= 4 is 27.5 Å². The summed E-state index contributed by atoms with van der Waals surface area (Å²) in [6.45, 7) is 2.81. The van der Waals surface area contributed by atoms with Crippen molar-refractivity contribution in [2.75, 3.05) is 13.1 Å². The maximum Gasteiger partial charge on any atom is 0.223 e. The lowest BCUT2D eigenvalue weighted by atomic mass is 9.88. The summed E-state index contributed by atoms with van der Waals surface area (Å²) < 4.78 is 27.3. The van der Waals surface area contributed by atoms with Gasteiger partial charge >= 0.3 is 0 Å². The number of aryl methyl sites for hydroxylation is 2. The molecule has 0 saturated carbocycles. The number of nitrogens with one attached hydrogen (secondary N) is 1. The largest absolute Gasteiger partial charge is 0.349 e. The van der Waals surface area contributed by atoms with E-state index in [4.69, 9.17) is 11.6 Å². The zero-order chi connectivity index (χ0) is 23.4. The number of hydrogen-bond donors (Lipinski definition) is 1. The second-order valence-electron chi connectivity index (χ2n) is 9.23. The highest BCUT2D eigenvalue weighted by molar-refractivity contribution is 7.88. The third kappa shape index (κ3) is 5.79. The smallest absolute Gasteiger partial charge is 0.223 e. The second-order valence-corrected chi connectivity index (χ2v) is 11.6. The standard InChI is InChI=1S/C26H33ClN2O3S/c1-2-25(22-12-11-19-7-3-4-8-21(19)17-22)28-26(30)20-13-15-29(16-14-20)33(31,32)18-23-9-5-6-10-24(23)27/h5-6,9-12,17,20,25H,2-4,7-8,13-16,18H2,1H3,(H,28,30)/t25-/m0/s1. The van der Waals surface area contributed by atoms with E-state index in [9.17, 15) is 13.2 Å². The molecule has 7 heteroatoms. The van der Waals surface area contributed by atoms with Crippen LogP contribution in [0.1, 0.15) is 67.3 Å². The summed E-state index contributed by atoms with van der Waals surface area (Å²) in [5.74, 6) is -0.245. The first kappa shape index (κ1) is 24.2. The second kappa shape index (κ2) is 10.6. The van der Waals surface area contributed by atoms with E-state index >= 15 is 0 Å². The number of hydrogen-bond acceptors (Lipinski definition) is 3. The molecule has 2 aromatic carbocycles. The quantitative estimate of drug-likeness (QED) is 0.594. The van der Waals surface area contributed by atoms with Gasteiger partial charge in [0.25, 0.3) is 0 Å². The van der Waals surface area contributed by atoms with Gasteiger partial charge in [0, 0.05) is 24.0 Å². The third-order valence-corrected chi connectivity index (χ3v) is 9.21. The van der Waals surface area contributed by atoms with Gasteiger partial charge < -0.3 is 5.32 Å². The van der Waals surface area contributed by atoms with Crippen molar-refractivity contribution in [1.29, 1.82) is 0 Å². The van der Waals surface area contributed by atoms with Crippen molar-refractivity contribution in [1.82, 2.24) is 9.62 Å². The zero-order valence-electron chi connectivity index (χ0n) is 19.2. The van der Waals surface area contributed by atoms with Crippen molar-refractivity contribution in [3.05, 3.63) is 69.7 Å². The summed E-state index contributed by atoms with van der Waals surface area (Å²) in [6.07, 6.45) is 6.66. The number of amides is 1. The Bertz CT molecular complexity index is 1090. The molecule has 4 rings (SSSR count). The van der Waals surface area contributed by atoms with Crippen LogP contribution in [-0.4, -0.2) is 31.7 Å². The van der Waals surface area contributed by atoms with Crippen LogP contribution in [0.25, 0.3) is 0 Å². The monoisotopic (exact) mass is 488 g/mol. The summed E-state index contributed by atoms with van der Waals surface area (Å²) in [7, 11) is -3.47. The van der Waals surface area contributed by atoms with E-state index in [1.807, 2.05) is 0 Å². The number of nitrogens with zero attached hydrogens (tertiary/aromatic N) is 1. The molecule has 0 aromatic heterocycles. The molecule has 0 spiro atoms. The molecule has 0 bridgehead atoms. The molecule has 1 saturated heterocycles. The Morgan fingerprint density at radius 1 is 1.09 bits per heavy atom. The van der Waals surface area contributed by atoms with Crippen LogP contribution in [0, 0.1) is 5.92 Å². The fraction of sp³-hybridized carbons (Fsp3) is 0.500. The van der Waals surface area contributed by atoms with Crippen molar-refractivity contribution in [3.8, 4) is 0 Å². The number of fused-ring (bicyclic) bond motifs is 1. The lowest BCUT2D eigenvalue weighted by molar-refractivity contribution is -0.126. The number of rotatable bonds is 7. The van der Waals surface area contributed by atoms with Crippen LogP contribution in [0.4, 0.5) is 0 Å². The molecule has 1 heterocycles. The Balaban J connectivity index is 1.34.